The second-order valence-corrected chi connectivity index (χ2v) is 6.57. The molecule has 1 aliphatic rings. The molecule has 1 heterocycles. The van der Waals surface area contributed by atoms with Gasteiger partial charge in [0, 0.05) is 0 Å². The Kier molecular flexibility index (Phi) is 4.70. The van der Waals surface area contributed by atoms with Gasteiger partial charge in [-0.3, -0.25) is 4.79 Å². The van der Waals surface area contributed by atoms with E-state index in [2.05, 4.69) is 5.32 Å². The molecule has 0 aliphatic carbocycles. The Morgan fingerprint density at radius 3 is 2.70 bits per heavy atom. The average molecular weight is 297 g/mol. The lowest BCUT2D eigenvalue weighted by Gasteiger charge is -2.31. The van der Waals surface area contributed by atoms with Gasteiger partial charge >= 0.3 is 0 Å². The molecule has 110 valence electrons. The van der Waals surface area contributed by atoms with Gasteiger partial charge in [0.2, 0.25) is 0 Å². The predicted molar refractivity (Wildman–Crippen MR) is 79.2 cm³/mol. The molecule has 1 aromatic carbocycles. The minimum Gasteiger partial charge on any atom is -0.380 e. The third kappa shape index (κ3) is 3.33. The van der Waals surface area contributed by atoms with Crippen LogP contribution in [0.3, 0.4) is 0 Å². The van der Waals surface area contributed by atoms with Crippen molar-refractivity contribution in [2.24, 2.45) is 0 Å². The molecule has 1 aromatic rings. The fraction of sp³-hybridized carbons (Fsp3) is 0.533. The lowest BCUT2D eigenvalue weighted by molar-refractivity contribution is -0.141. The van der Waals surface area contributed by atoms with Gasteiger partial charge in [-0.2, -0.15) is 11.8 Å². The molecule has 1 aliphatic heterocycles. The van der Waals surface area contributed by atoms with Crippen LogP contribution in [0.2, 0.25) is 0 Å². The normalized spacial score (nSPS) is 19.4. The molecule has 2 rings (SSSR count). The molecule has 0 radical (unpaired) electrons. The van der Waals surface area contributed by atoms with Crippen molar-refractivity contribution >= 4 is 17.7 Å². The Balaban J connectivity index is 2.04. The van der Waals surface area contributed by atoms with Crippen LogP contribution < -0.4 is 5.32 Å². The predicted octanol–water partition coefficient (Wildman–Crippen LogP) is 2.57. The summed E-state index contributed by atoms with van der Waals surface area (Å²) in [6, 6.07) is 4.60. The maximum absolute atomic E-state index is 13.5. The van der Waals surface area contributed by atoms with Crippen molar-refractivity contribution < 1.29 is 14.3 Å². The summed E-state index contributed by atoms with van der Waals surface area (Å²) >= 11 is 1.74. The van der Waals surface area contributed by atoms with Gasteiger partial charge in [0.15, 0.2) is 0 Å². The summed E-state index contributed by atoms with van der Waals surface area (Å²) in [5.74, 6) is 0.942. The zero-order valence-corrected chi connectivity index (χ0v) is 12.6. The number of aliphatic hydroxyl groups is 1. The second-order valence-electron chi connectivity index (χ2n) is 5.35. The van der Waals surface area contributed by atoms with Crippen LogP contribution in [0.5, 0.6) is 0 Å². The zero-order valence-electron chi connectivity index (χ0n) is 11.8. The second kappa shape index (κ2) is 6.14. The van der Waals surface area contributed by atoms with Gasteiger partial charge < -0.3 is 10.4 Å². The van der Waals surface area contributed by atoms with Gasteiger partial charge in [-0.05, 0) is 55.4 Å². The van der Waals surface area contributed by atoms with E-state index in [0.29, 0.717) is 24.0 Å². The third-order valence-electron chi connectivity index (χ3n) is 3.79. The van der Waals surface area contributed by atoms with Crippen molar-refractivity contribution in [3.8, 4) is 0 Å². The molecule has 5 heteroatoms. The minimum absolute atomic E-state index is 0.281. The summed E-state index contributed by atoms with van der Waals surface area (Å²) < 4.78 is 13.5. The number of halogens is 1. The van der Waals surface area contributed by atoms with E-state index in [1.54, 1.807) is 37.7 Å². The van der Waals surface area contributed by atoms with Crippen LogP contribution in [0, 0.1) is 12.7 Å². The topological polar surface area (TPSA) is 49.3 Å². The fourth-order valence-electron chi connectivity index (χ4n) is 2.23. The van der Waals surface area contributed by atoms with Crippen molar-refractivity contribution in [1.82, 2.24) is 5.32 Å². The maximum atomic E-state index is 13.5. The molecule has 1 atom stereocenters. The molecule has 1 amide bonds. The molecule has 1 fully saturated rings. The Bertz CT molecular complexity index is 501. The van der Waals surface area contributed by atoms with Gasteiger partial charge in [0.25, 0.3) is 5.91 Å². The zero-order chi connectivity index (χ0) is 14.8. The highest BCUT2D eigenvalue weighted by atomic mass is 32.2. The smallest absolute Gasteiger partial charge is 0.252 e. The maximum Gasteiger partial charge on any atom is 0.252 e. The Morgan fingerprint density at radius 1 is 1.45 bits per heavy atom. The molecule has 1 unspecified atom stereocenters. The Labute approximate surface area is 123 Å². The molecule has 20 heavy (non-hydrogen) atoms. The standard InChI is InChI=1S/C15H20FNO2S/c1-10-3-4-12(9-13(10)16)11(2)17-14(18)15(19)5-7-20-8-6-15/h3-4,9,11,19H,5-8H2,1-2H3,(H,17,18). The number of rotatable bonds is 3. The van der Waals surface area contributed by atoms with Crippen LogP contribution >= 0.6 is 11.8 Å². The number of carbonyl (C=O) groups excluding carboxylic acids is 1. The summed E-state index contributed by atoms with van der Waals surface area (Å²) in [5.41, 5.74) is 0.00777. The monoisotopic (exact) mass is 297 g/mol. The first-order valence-corrected chi connectivity index (χ1v) is 7.95. The van der Waals surface area contributed by atoms with E-state index >= 15 is 0 Å². The minimum atomic E-state index is -1.28. The largest absolute Gasteiger partial charge is 0.380 e. The van der Waals surface area contributed by atoms with Crippen LogP contribution in [-0.4, -0.2) is 28.1 Å². The quantitative estimate of drug-likeness (QED) is 0.901. The first-order valence-electron chi connectivity index (χ1n) is 6.79. The number of amides is 1. The average Bonchev–Trinajstić information content (AvgIpc) is 2.42. The lowest BCUT2D eigenvalue weighted by Crippen LogP contribution is -2.49. The highest BCUT2D eigenvalue weighted by Gasteiger charge is 2.37. The number of thioether (sulfide) groups is 1. The first kappa shape index (κ1) is 15.3. The third-order valence-corrected chi connectivity index (χ3v) is 4.77. The molecule has 1 saturated heterocycles. The van der Waals surface area contributed by atoms with Gasteiger partial charge in [0.05, 0.1) is 6.04 Å². The number of benzene rings is 1. The lowest BCUT2D eigenvalue weighted by atomic mass is 9.95. The van der Waals surface area contributed by atoms with Crippen molar-refractivity contribution in [3.05, 3.63) is 35.1 Å². The Morgan fingerprint density at radius 2 is 2.10 bits per heavy atom. The Hall–Kier alpha value is -1.07. The van der Waals surface area contributed by atoms with Crippen molar-refractivity contribution in [2.45, 2.75) is 38.3 Å². The van der Waals surface area contributed by atoms with E-state index in [-0.39, 0.29) is 17.8 Å². The van der Waals surface area contributed by atoms with Crippen molar-refractivity contribution in [1.29, 1.82) is 0 Å². The molecule has 2 N–H and O–H groups in total. The molecule has 0 saturated carbocycles. The molecular formula is C15H20FNO2S. The van der Waals surface area contributed by atoms with Crippen molar-refractivity contribution in [3.63, 3.8) is 0 Å². The van der Waals surface area contributed by atoms with E-state index in [1.165, 1.54) is 6.07 Å². The highest BCUT2D eigenvalue weighted by Crippen LogP contribution is 2.28. The number of aryl methyl sites for hydroxylation is 1. The van der Waals surface area contributed by atoms with E-state index in [1.807, 2.05) is 0 Å². The number of nitrogens with one attached hydrogen (secondary N) is 1. The molecule has 0 spiro atoms. The summed E-state index contributed by atoms with van der Waals surface area (Å²) in [7, 11) is 0. The molecule has 0 bridgehead atoms. The van der Waals surface area contributed by atoms with Crippen LogP contribution in [0.15, 0.2) is 18.2 Å². The molecule has 0 aromatic heterocycles. The summed E-state index contributed by atoms with van der Waals surface area (Å²) in [6.45, 7) is 3.49. The van der Waals surface area contributed by atoms with E-state index in [9.17, 15) is 14.3 Å². The molecule has 3 nitrogen and oxygen atoms in total. The van der Waals surface area contributed by atoms with Crippen LogP contribution in [-0.2, 0) is 4.79 Å². The van der Waals surface area contributed by atoms with E-state index < -0.39 is 5.60 Å². The van der Waals surface area contributed by atoms with E-state index in [4.69, 9.17) is 0 Å². The number of hydrogen-bond donors (Lipinski definition) is 2. The van der Waals surface area contributed by atoms with Gasteiger partial charge in [-0.1, -0.05) is 12.1 Å². The van der Waals surface area contributed by atoms with Crippen LogP contribution in [0.1, 0.15) is 36.9 Å². The number of carbonyl (C=O) groups is 1. The van der Waals surface area contributed by atoms with Gasteiger partial charge in [0.1, 0.15) is 11.4 Å². The SMILES string of the molecule is Cc1ccc(C(C)NC(=O)C2(O)CCSCC2)cc1F. The summed E-state index contributed by atoms with van der Waals surface area (Å²) in [5, 5.41) is 13.1. The van der Waals surface area contributed by atoms with E-state index in [0.717, 1.165) is 11.5 Å². The van der Waals surface area contributed by atoms with Gasteiger partial charge in [-0.25, -0.2) is 4.39 Å². The number of hydrogen-bond acceptors (Lipinski definition) is 3. The highest BCUT2D eigenvalue weighted by molar-refractivity contribution is 7.99. The van der Waals surface area contributed by atoms with Gasteiger partial charge in [-0.15, -0.1) is 0 Å². The van der Waals surface area contributed by atoms with Crippen LogP contribution in [0.25, 0.3) is 0 Å². The summed E-state index contributed by atoms with van der Waals surface area (Å²) in [6.07, 6.45) is 0.941. The first-order chi connectivity index (χ1) is 9.42. The van der Waals surface area contributed by atoms with Crippen molar-refractivity contribution in [2.75, 3.05) is 11.5 Å². The van der Waals surface area contributed by atoms with Crippen LogP contribution in [0.4, 0.5) is 4.39 Å². The fourth-order valence-corrected chi connectivity index (χ4v) is 3.40. The molecular weight excluding hydrogens is 277 g/mol. The summed E-state index contributed by atoms with van der Waals surface area (Å²) in [4.78, 5) is 12.2.